The molecule has 0 aromatic heterocycles. The third-order valence-electron chi connectivity index (χ3n) is 3.79. The molecule has 0 spiro atoms. The van der Waals surface area contributed by atoms with Gasteiger partial charge in [0.15, 0.2) is 0 Å². The van der Waals surface area contributed by atoms with E-state index in [-0.39, 0.29) is 0 Å². The van der Waals surface area contributed by atoms with Crippen LogP contribution in [-0.2, 0) is 0 Å². The molecule has 2 nitrogen and oxygen atoms in total. The van der Waals surface area contributed by atoms with Crippen molar-refractivity contribution >= 4 is 11.8 Å². The Morgan fingerprint density at radius 2 is 2.24 bits per heavy atom. The van der Waals surface area contributed by atoms with Crippen molar-refractivity contribution in [1.29, 1.82) is 0 Å². The first-order valence-corrected chi connectivity index (χ1v) is 7.42. The van der Waals surface area contributed by atoms with Crippen LogP contribution in [0, 0.1) is 5.92 Å². The van der Waals surface area contributed by atoms with Gasteiger partial charge in [0.25, 0.3) is 0 Å². The Labute approximate surface area is 108 Å². The molecule has 2 rings (SSSR count). The van der Waals surface area contributed by atoms with Gasteiger partial charge in [-0.15, -0.1) is 11.8 Å². The summed E-state index contributed by atoms with van der Waals surface area (Å²) in [5.41, 5.74) is 4.51. The smallest absolute Gasteiger partial charge is 0.0290 e. The average molecular weight is 250 g/mol. The maximum atomic E-state index is 5.75. The van der Waals surface area contributed by atoms with Crippen LogP contribution in [0.2, 0.25) is 0 Å². The van der Waals surface area contributed by atoms with Gasteiger partial charge in [-0.2, -0.15) is 0 Å². The van der Waals surface area contributed by atoms with E-state index in [4.69, 9.17) is 5.84 Å². The van der Waals surface area contributed by atoms with Crippen LogP contribution >= 0.6 is 11.8 Å². The number of hydrazine groups is 1. The highest BCUT2D eigenvalue weighted by Crippen LogP contribution is 2.42. The largest absolute Gasteiger partial charge is 0.271 e. The summed E-state index contributed by atoms with van der Waals surface area (Å²) < 4.78 is 0. The van der Waals surface area contributed by atoms with Gasteiger partial charge in [-0.05, 0) is 24.0 Å². The second-order valence-corrected chi connectivity index (χ2v) is 6.04. The van der Waals surface area contributed by atoms with Gasteiger partial charge in [-0.25, -0.2) is 0 Å². The van der Waals surface area contributed by atoms with Crippen molar-refractivity contribution in [2.45, 2.75) is 43.5 Å². The third kappa shape index (κ3) is 2.84. The average Bonchev–Trinajstić information content (AvgIpc) is 2.79. The van der Waals surface area contributed by atoms with Gasteiger partial charge in [0.05, 0.1) is 0 Å². The molecule has 1 aromatic carbocycles. The Kier molecular flexibility index (Phi) is 4.48. The van der Waals surface area contributed by atoms with E-state index in [0.29, 0.717) is 12.0 Å². The molecular formula is C14H22N2S. The summed E-state index contributed by atoms with van der Waals surface area (Å²) in [6.07, 6.45) is 2.38. The van der Waals surface area contributed by atoms with Crippen molar-refractivity contribution in [1.82, 2.24) is 5.43 Å². The molecule has 0 amide bonds. The van der Waals surface area contributed by atoms with Crippen LogP contribution in [-0.4, -0.2) is 11.8 Å². The fraction of sp³-hybridized carbons (Fsp3) is 0.571. The molecule has 17 heavy (non-hydrogen) atoms. The summed E-state index contributed by atoms with van der Waals surface area (Å²) in [7, 11) is 0. The van der Waals surface area contributed by atoms with E-state index in [9.17, 15) is 0 Å². The third-order valence-corrected chi connectivity index (χ3v) is 5.00. The van der Waals surface area contributed by atoms with Crippen LogP contribution in [0.3, 0.4) is 0 Å². The van der Waals surface area contributed by atoms with Crippen LogP contribution in [0.25, 0.3) is 0 Å². The van der Waals surface area contributed by atoms with E-state index in [1.165, 1.54) is 16.9 Å². The van der Waals surface area contributed by atoms with Gasteiger partial charge in [0, 0.05) is 22.6 Å². The maximum absolute atomic E-state index is 5.75. The molecule has 3 heteroatoms. The molecule has 1 aliphatic rings. The van der Waals surface area contributed by atoms with Crippen molar-refractivity contribution < 1.29 is 0 Å². The number of hydrogen-bond acceptors (Lipinski definition) is 3. The lowest BCUT2D eigenvalue weighted by molar-refractivity contribution is 0.365. The van der Waals surface area contributed by atoms with E-state index in [1.807, 2.05) is 11.8 Å². The summed E-state index contributed by atoms with van der Waals surface area (Å²) in [4.78, 5) is 1.43. The van der Waals surface area contributed by atoms with Crippen LogP contribution in [0.4, 0.5) is 0 Å². The summed E-state index contributed by atoms with van der Waals surface area (Å²) in [5, 5.41) is 0. The summed E-state index contributed by atoms with van der Waals surface area (Å²) >= 11 is 1.96. The zero-order chi connectivity index (χ0) is 12.3. The first kappa shape index (κ1) is 12.9. The molecular weight excluding hydrogens is 228 g/mol. The molecule has 3 atom stereocenters. The monoisotopic (exact) mass is 250 g/mol. The molecule has 1 aromatic rings. The molecule has 0 aliphatic carbocycles. The Bertz CT molecular complexity index is 367. The number of benzene rings is 1. The molecule has 3 N–H and O–H groups in total. The molecule has 0 saturated heterocycles. The lowest BCUT2D eigenvalue weighted by Crippen LogP contribution is -2.41. The van der Waals surface area contributed by atoms with Crippen LogP contribution in [0.5, 0.6) is 0 Å². The fourth-order valence-electron chi connectivity index (χ4n) is 2.47. The molecule has 1 heterocycles. The van der Waals surface area contributed by atoms with Crippen LogP contribution in [0.15, 0.2) is 29.2 Å². The van der Waals surface area contributed by atoms with E-state index in [1.54, 1.807) is 0 Å². The van der Waals surface area contributed by atoms with E-state index >= 15 is 0 Å². The van der Waals surface area contributed by atoms with Gasteiger partial charge in [0.2, 0.25) is 0 Å². The molecule has 1 aliphatic heterocycles. The first-order valence-electron chi connectivity index (χ1n) is 6.44. The second-order valence-electron chi connectivity index (χ2n) is 4.98. The minimum atomic E-state index is 0.404. The predicted molar refractivity (Wildman–Crippen MR) is 75.1 cm³/mol. The number of nitrogens with two attached hydrogens (primary N) is 1. The molecule has 94 valence electrons. The van der Waals surface area contributed by atoms with Crippen molar-refractivity contribution in [3.05, 3.63) is 29.8 Å². The maximum Gasteiger partial charge on any atom is 0.0290 e. The molecule has 0 fully saturated rings. The zero-order valence-corrected chi connectivity index (χ0v) is 11.5. The summed E-state index contributed by atoms with van der Waals surface area (Å²) in [6.45, 7) is 4.55. The quantitative estimate of drug-likeness (QED) is 0.623. The molecule has 0 saturated carbocycles. The lowest BCUT2D eigenvalue weighted by atomic mass is 9.87. The highest BCUT2D eigenvalue weighted by atomic mass is 32.2. The topological polar surface area (TPSA) is 38.0 Å². The lowest BCUT2D eigenvalue weighted by Gasteiger charge is -2.25. The standard InChI is InChI=1S/C14H22N2S/c1-3-10(2)8-13(16-15)12-9-17-14-7-5-4-6-11(12)14/h4-7,10,12-13,16H,3,8-9,15H2,1-2H3. The van der Waals surface area contributed by atoms with Crippen LogP contribution < -0.4 is 11.3 Å². The first-order chi connectivity index (χ1) is 8.26. The van der Waals surface area contributed by atoms with Gasteiger partial charge >= 0.3 is 0 Å². The molecule has 0 radical (unpaired) electrons. The van der Waals surface area contributed by atoms with Crippen molar-refractivity contribution in [3.63, 3.8) is 0 Å². The number of nitrogens with one attached hydrogen (secondary N) is 1. The van der Waals surface area contributed by atoms with Gasteiger partial charge in [-0.3, -0.25) is 11.3 Å². The number of hydrogen-bond donors (Lipinski definition) is 2. The molecule has 3 unspecified atom stereocenters. The Hall–Kier alpha value is -0.510. The second kappa shape index (κ2) is 5.89. The van der Waals surface area contributed by atoms with E-state index in [2.05, 4.69) is 43.5 Å². The van der Waals surface area contributed by atoms with Crippen molar-refractivity contribution in [2.24, 2.45) is 11.8 Å². The van der Waals surface area contributed by atoms with Crippen molar-refractivity contribution in [3.8, 4) is 0 Å². The van der Waals surface area contributed by atoms with Gasteiger partial charge in [-0.1, -0.05) is 38.5 Å². The van der Waals surface area contributed by atoms with Gasteiger partial charge < -0.3 is 0 Å². The predicted octanol–water partition coefficient (Wildman–Crippen LogP) is 3.14. The summed E-state index contributed by atoms with van der Waals surface area (Å²) in [6, 6.07) is 9.13. The normalized spacial score (nSPS) is 22.2. The van der Waals surface area contributed by atoms with E-state index in [0.717, 1.165) is 18.1 Å². The Morgan fingerprint density at radius 3 is 2.94 bits per heavy atom. The minimum absolute atomic E-state index is 0.404. The minimum Gasteiger partial charge on any atom is -0.271 e. The number of fused-ring (bicyclic) bond motifs is 1. The fourth-order valence-corrected chi connectivity index (χ4v) is 3.80. The Balaban J connectivity index is 2.12. The number of rotatable bonds is 5. The van der Waals surface area contributed by atoms with Gasteiger partial charge in [0.1, 0.15) is 0 Å². The SMILES string of the molecule is CCC(C)CC(NN)C1CSc2ccccc21. The summed E-state index contributed by atoms with van der Waals surface area (Å²) in [5.74, 6) is 8.21. The zero-order valence-electron chi connectivity index (χ0n) is 10.6. The Morgan fingerprint density at radius 1 is 1.47 bits per heavy atom. The van der Waals surface area contributed by atoms with Crippen LogP contribution in [0.1, 0.15) is 38.2 Å². The van der Waals surface area contributed by atoms with Crippen molar-refractivity contribution in [2.75, 3.05) is 5.75 Å². The highest BCUT2D eigenvalue weighted by molar-refractivity contribution is 7.99. The number of thioether (sulfide) groups is 1. The molecule has 0 bridgehead atoms. The van der Waals surface area contributed by atoms with E-state index < -0.39 is 0 Å². The highest BCUT2D eigenvalue weighted by Gasteiger charge is 2.30.